The number of carbonyl (C=O) groups excluding carboxylic acids is 1. The normalized spacial score (nSPS) is 18.3. The zero-order valence-corrected chi connectivity index (χ0v) is 14.6. The van der Waals surface area contributed by atoms with Gasteiger partial charge in [-0.1, -0.05) is 42.0 Å². The second kappa shape index (κ2) is 7.30. The van der Waals surface area contributed by atoms with Crippen molar-refractivity contribution in [2.24, 2.45) is 0 Å². The molecule has 2 heterocycles. The minimum atomic E-state index is -0.288. The van der Waals surface area contributed by atoms with E-state index in [0.29, 0.717) is 13.1 Å². The van der Waals surface area contributed by atoms with Crippen LogP contribution in [0, 0.1) is 5.82 Å². The highest BCUT2D eigenvalue weighted by molar-refractivity contribution is 5.93. The monoisotopic (exact) mass is 351 g/mol. The summed E-state index contributed by atoms with van der Waals surface area (Å²) in [5, 5.41) is 3.98. The number of benzene rings is 2. The summed E-state index contributed by atoms with van der Waals surface area (Å²) < 4.78 is 13.1. The fourth-order valence-electron chi connectivity index (χ4n) is 3.64. The van der Waals surface area contributed by atoms with Gasteiger partial charge in [-0.2, -0.15) is 0 Å². The summed E-state index contributed by atoms with van der Waals surface area (Å²) in [7, 11) is 0. The lowest BCUT2D eigenvalue weighted by atomic mass is 10.0. The fraction of sp³-hybridized carbons (Fsp3) is 0.286. The highest BCUT2D eigenvalue weighted by Crippen LogP contribution is 2.24. The lowest BCUT2D eigenvalue weighted by Crippen LogP contribution is -2.48. The van der Waals surface area contributed by atoms with Crippen LogP contribution >= 0.6 is 0 Å². The maximum atomic E-state index is 13.1. The van der Waals surface area contributed by atoms with Crippen molar-refractivity contribution >= 4 is 11.7 Å². The van der Waals surface area contributed by atoms with Crippen LogP contribution in [-0.4, -0.2) is 42.2 Å². The van der Waals surface area contributed by atoms with Crippen molar-refractivity contribution in [3.05, 3.63) is 77.6 Å². The van der Waals surface area contributed by atoms with Crippen molar-refractivity contribution in [2.75, 3.05) is 31.1 Å². The molecule has 2 aromatic rings. The highest BCUT2D eigenvalue weighted by atomic mass is 19.1. The predicted molar refractivity (Wildman–Crippen MR) is 100 cm³/mol. The summed E-state index contributed by atoms with van der Waals surface area (Å²) in [6.07, 6.45) is 4.16. The number of amides is 2. The molecule has 0 N–H and O–H groups in total. The molecule has 0 saturated carbocycles. The van der Waals surface area contributed by atoms with E-state index in [2.05, 4.69) is 35.4 Å². The highest BCUT2D eigenvalue weighted by Gasteiger charge is 2.34. The standard InChI is InChI=1S/C21H22FN3O/c22-19-8-10-20(11-9-19)24-13-14-25(21(24)26)23-12-4-7-18(16-23)15-17-5-2-1-3-6-17/h1-3,5-11H,4,12-16H2. The van der Waals surface area contributed by atoms with E-state index in [1.165, 1.54) is 23.3 Å². The minimum absolute atomic E-state index is 0.0300. The third kappa shape index (κ3) is 3.48. The minimum Gasteiger partial charge on any atom is -0.291 e. The van der Waals surface area contributed by atoms with Crippen LogP contribution < -0.4 is 4.90 Å². The van der Waals surface area contributed by atoms with Crippen molar-refractivity contribution in [3.8, 4) is 0 Å². The number of anilines is 1. The number of hydrogen-bond donors (Lipinski definition) is 0. The molecule has 2 aromatic carbocycles. The third-order valence-electron chi connectivity index (χ3n) is 4.95. The van der Waals surface area contributed by atoms with E-state index in [0.717, 1.165) is 31.6 Å². The smallest absolute Gasteiger partial charge is 0.291 e. The van der Waals surface area contributed by atoms with Gasteiger partial charge in [-0.25, -0.2) is 14.2 Å². The van der Waals surface area contributed by atoms with E-state index in [1.54, 1.807) is 17.0 Å². The first-order valence-electron chi connectivity index (χ1n) is 9.02. The Bertz CT molecular complexity index is 804. The van der Waals surface area contributed by atoms with Gasteiger partial charge in [0, 0.05) is 25.3 Å². The molecule has 0 spiro atoms. The van der Waals surface area contributed by atoms with Crippen LogP contribution in [0.25, 0.3) is 0 Å². The van der Waals surface area contributed by atoms with Crippen molar-refractivity contribution in [2.45, 2.75) is 12.8 Å². The van der Waals surface area contributed by atoms with Crippen molar-refractivity contribution in [3.63, 3.8) is 0 Å². The molecule has 2 amide bonds. The summed E-state index contributed by atoms with van der Waals surface area (Å²) in [4.78, 5) is 14.6. The van der Waals surface area contributed by atoms with Gasteiger partial charge in [-0.3, -0.25) is 9.91 Å². The Morgan fingerprint density at radius 1 is 0.923 bits per heavy atom. The molecular weight excluding hydrogens is 329 g/mol. The van der Waals surface area contributed by atoms with Gasteiger partial charge in [0.05, 0.1) is 6.54 Å². The number of hydrazine groups is 1. The van der Waals surface area contributed by atoms with Crippen LogP contribution in [0.2, 0.25) is 0 Å². The summed E-state index contributed by atoms with van der Waals surface area (Å²) >= 11 is 0. The largest absolute Gasteiger partial charge is 0.339 e. The number of rotatable bonds is 4. The lowest BCUT2D eigenvalue weighted by Gasteiger charge is -2.34. The van der Waals surface area contributed by atoms with Crippen molar-refractivity contribution < 1.29 is 9.18 Å². The van der Waals surface area contributed by atoms with Crippen LogP contribution in [0.3, 0.4) is 0 Å². The number of halogens is 1. The molecule has 0 atom stereocenters. The molecule has 26 heavy (non-hydrogen) atoms. The fourth-order valence-corrected chi connectivity index (χ4v) is 3.64. The topological polar surface area (TPSA) is 26.8 Å². The van der Waals surface area contributed by atoms with Gasteiger partial charge >= 0.3 is 6.03 Å². The second-order valence-corrected chi connectivity index (χ2v) is 6.74. The second-order valence-electron chi connectivity index (χ2n) is 6.74. The Hall–Kier alpha value is -2.66. The molecule has 0 radical (unpaired) electrons. The third-order valence-corrected chi connectivity index (χ3v) is 4.95. The van der Waals surface area contributed by atoms with Gasteiger partial charge in [0.15, 0.2) is 0 Å². The Morgan fingerprint density at radius 2 is 1.69 bits per heavy atom. The molecule has 0 aromatic heterocycles. The van der Waals surface area contributed by atoms with Crippen LogP contribution in [0.5, 0.6) is 0 Å². The number of carbonyl (C=O) groups is 1. The van der Waals surface area contributed by atoms with Crippen molar-refractivity contribution in [1.82, 2.24) is 10.0 Å². The Labute approximate surface area is 153 Å². The molecule has 0 unspecified atom stereocenters. The summed E-state index contributed by atoms with van der Waals surface area (Å²) in [5.41, 5.74) is 3.38. The van der Waals surface area contributed by atoms with Crippen LogP contribution in [0.4, 0.5) is 14.9 Å². The molecule has 2 aliphatic rings. The van der Waals surface area contributed by atoms with Gasteiger partial charge in [0.2, 0.25) is 0 Å². The first-order valence-corrected chi connectivity index (χ1v) is 9.02. The number of urea groups is 1. The zero-order valence-electron chi connectivity index (χ0n) is 14.6. The number of nitrogens with zero attached hydrogens (tertiary/aromatic N) is 3. The van der Waals surface area contributed by atoms with E-state index < -0.39 is 0 Å². The SMILES string of the molecule is O=C1N(c2ccc(F)cc2)CCN1N1CCC=C(Cc2ccccc2)C1. The molecule has 4 nitrogen and oxygen atoms in total. The molecule has 2 aliphatic heterocycles. The lowest BCUT2D eigenvalue weighted by molar-refractivity contribution is 0.0387. The zero-order chi connectivity index (χ0) is 17.9. The molecule has 0 aliphatic carbocycles. The van der Waals surface area contributed by atoms with Gasteiger partial charge in [-0.05, 0) is 42.7 Å². The predicted octanol–water partition coefficient (Wildman–Crippen LogP) is 3.86. The average Bonchev–Trinajstić information content (AvgIpc) is 3.05. The maximum absolute atomic E-state index is 13.1. The summed E-state index contributed by atoms with van der Waals surface area (Å²) in [6, 6.07) is 16.5. The Balaban J connectivity index is 1.42. The van der Waals surface area contributed by atoms with Crippen LogP contribution in [0.15, 0.2) is 66.2 Å². The quantitative estimate of drug-likeness (QED) is 0.782. The van der Waals surface area contributed by atoms with Crippen LogP contribution in [-0.2, 0) is 6.42 Å². The van der Waals surface area contributed by atoms with Gasteiger partial charge in [-0.15, -0.1) is 0 Å². The molecular formula is C21H22FN3O. The Kier molecular flexibility index (Phi) is 4.71. The van der Waals surface area contributed by atoms with Gasteiger partial charge in [0.1, 0.15) is 5.82 Å². The van der Waals surface area contributed by atoms with E-state index in [-0.39, 0.29) is 11.8 Å². The summed E-state index contributed by atoms with van der Waals surface area (Å²) in [5.74, 6) is -0.288. The van der Waals surface area contributed by atoms with E-state index in [9.17, 15) is 9.18 Å². The van der Waals surface area contributed by atoms with E-state index in [4.69, 9.17) is 0 Å². The first-order chi connectivity index (χ1) is 12.7. The molecule has 5 heteroatoms. The molecule has 1 saturated heterocycles. The molecule has 4 rings (SSSR count). The van der Waals surface area contributed by atoms with Crippen LogP contribution in [0.1, 0.15) is 12.0 Å². The molecule has 0 bridgehead atoms. The first kappa shape index (κ1) is 16.8. The Morgan fingerprint density at radius 3 is 2.46 bits per heavy atom. The maximum Gasteiger partial charge on any atom is 0.339 e. The number of hydrogen-bond acceptors (Lipinski definition) is 2. The van der Waals surface area contributed by atoms with Gasteiger partial charge in [0.25, 0.3) is 0 Å². The van der Waals surface area contributed by atoms with E-state index >= 15 is 0 Å². The van der Waals surface area contributed by atoms with E-state index in [1.807, 2.05) is 11.1 Å². The molecule has 134 valence electrons. The average molecular weight is 351 g/mol. The van der Waals surface area contributed by atoms with Gasteiger partial charge < -0.3 is 0 Å². The molecule has 1 fully saturated rings. The van der Waals surface area contributed by atoms with Crippen molar-refractivity contribution in [1.29, 1.82) is 0 Å². The summed E-state index contributed by atoms with van der Waals surface area (Å²) in [6.45, 7) is 2.91.